The van der Waals surface area contributed by atoms with Gasteiger partial charge in [-0.2, -0.15) is 0 Å². The van der Waals surface area contributed by atoms with Crippen LogP contribution in [0.2, 0.25) is 0 Å². The number of amides is 2. The van der Waals surface area contributed by atoms with Gasteiger partial charge in [0.1, 0.15) is 5.60 Å². The Kier molecular flexibility index (Phi) is 6.26. The van der Waals surface area contributed by atoms with Crippen LogP contribution in [0.25, 0.3) is 0 Å². The van der Waals surface area contributed by atoms with Crippen molar-refractivity contribution in [3.63, 3.8) is 0 Å². The van der Waals surface area contributed by atoms with Gasteiger partial charge in [-0.3, -0.25) is 4.79 Å². The first-order valence-corrected chi connectivity index (χ1v) is 9.74. The Morgan fingerprint density at radius 3 is 2.45 bits per heavy atom. The summed E-state index contributed by atoms with van der Waals surface area (Å²) in [5, 5.41) is 2.72. The number of ether oxygens (including phenoxy) is 2. The molecule has 0 saturated carbocycles. The Morgan fingerprint density at radius 1 is 1.14 bits per heavy atom. The Labute approximate surface area is 168 Å². The van der Waals surface area contributed by atoms with Gasteiger partial charge >= 0.3 is 6.09 Å². The molecule has 3 rings (SSSR count). The first-order chi connectivity index (χ1) is 13.6. The predicted molar refractivity (Wildman–Crippen MR) is 104 cm³/mol. The molecule has 2 aliphatic rings. The zero-order valence-electron chi connectivity index (χ0n) is 17.0. The normalized spacial score (nSPS) is 20.0. The third kappa shape index (κ3) is 5.35. The number of halogens is 2. The van der Waals surface area contributed by atoms with Crippen molar-refractivity contribution in [2.24, 2.45) is 5.92 Å². The Hall–Kier alpha value is -2.42. The van der Waals surface area contributed by atoms with Gasteiger partial charge in [-0.05, 0) is 27.2 Å². The molecule has 0 bridgehead atoms. The summed E-state index contributed by atoms with van der Waals surface area (Å²) >= 11 is 0. The van der Waals surface area contributed by atoms with Crippen LogP contribution >= 0.6 is 0 Å². The van der Waals surface area contributed by atoms with Crippen LogP contribution < -0.4 is 10.2 Å². The minimum absolute atomic E-state index is 0.214. The van der Waals surface area contributed by atoms with E-state index in [0.717, 1.165) is 12.1 Å². The molecule has 0 aliphatic carbocycles. The number of nitrogens with zero attached hydrogens (tertiary/aromatic N) is 2. The molecule has 1 atom stereocenters. The molecule has 2 amide bonds. The summed E-state index contributed by atoms with van der Waals surface area (Å²) in [5.41, 5.74) is 0.0184. The Morgan fingerprint density at radius 2 is 1.79 bits per heavy atom. The lowest BCUT2D eigenvalue weighted by atomic mass is 10.1. The van der Waals surface area contributed by atoms with Gasteiger partial charge in [0.25, 0.3) is 0 Å². The third-order valence-corrected chi connectivity index (χ3v) is 4.86. The molecule has 0 spiro atoms. The van der Waals surface area contributed by atoms with Crippen molar-refractivity contribution in [1.29, 1.82) is 0 Å². The highest BCUT2D eigenvalue weighted by Crippen LogP contribution is 2.31. The van der Waals surface area contributed by atoms with E-state index in [4.69, 9.17) is 9.47 Å². The minimum atomic E-state index is -1.03. The fraction of sp³-hybridized carbons (Fsp3) is 0.600. The number of anilines is 2. The van der Waals surface area contributed by atoms with Crippen LogP contribution in [0.15, 0.2) is 12.1 Å². The number of carbonyl (C=O) groups is 2. The number of rotatable bonds is 3. The SMILES string of the molecule is CC(C)(C)OC(=O)N1CCC(C(=O)Nc2cc(F)c(F)cc2N2CCOCC2)C1. The minimum Gasteiger partial charge on any atom is -0.444 e. The summed E-state index contributed by atoms with van der Waals surface area (Å²) in [4.78, 5) is 28.3. The van der Waals surface area contributed by atoms with Crippen molar-refractivity contribution < 1.29 is 27.8 Å². The van der Waals surface area contributed by atoms with Crippen LogP contribution in [0.5, 0.6) is 0 Å². The van der Waals surface area contributed by atoms with E-state index in [2.05, 4.69) is 5.32 Å². The molecule has 1 N–H and O–H groups in total. The molecule has 9 heteroatoms. The van der Waals surface area contributed by atoms with Crippen LogP contribution in [0, 0.1) is 17.6 Å². The zero-order valence-corrected chi connectivity index (χ0v) is 17.0. The Balaban J connectivity index is 1.69. The van der Waals surface area contributed by atoms with Gasteiger partial charge in [-0.1, -0.05) is 0 Å². The topological polar surface area (TPSA) is 71.1 Å². The molecule has 0 aromatic heterocycles. The monoisotopic (exact) mass is 411 g/mol. The van der Waals surface area contributed by atoms with Gasteiger partial charge in [0.15, 0.2) is 11.6 Å². The van der Waals surface area contributed by atoms with Gasteiger partial charge in [-0.15, -0.1) is 0 Å². The summed E-state index contributed by atoms with van der Waals surface area (Å²) in [5.74, 6) is -2.79. The van der Waals surface area contributed by atoms with E-state index in [-0.39, 0.29) is 18.1 Å². The van der Waals surface area contributed by atoms with Crippen LogP contribution in [0.4, 0.5) is 25.0 Å². The number of carbonyl (C=O) groups excluding carboxylic acids is 2. The fourth-order valence-corrected chi connectivity index (χ4v) is 3.40. The largest absolute Gasteiger partial charge is 0.444 e. The summed E-state index contributed by atoms with van der Waals surface area (Å²) in [7, 11) is 0. The quantitative estimate of drug-likeness (QED) is 0.828. The molecular weight excluding hydrogens is 384 g/mol. The van der Waals surface area contributed by atoms with Crippen molar-refractivity contribution in [2.75, 3.05) is 49.6 Å². The summed E-state index contributed by atoms with van der Waals surface area (Å²) in [6.45, 7) is 7.94. The van der Waals surface area contributed by atoms with E-state index in [1.807, 2.05) is 4.90 Å². The van der Waals surface area contributed by atoms with E-state index in [1.165, 1.54) is 4.90 Å². The highest BCUT2D eigenvalue weighted by Gasteiger charge is 2.34. The highest BCUT2D eigenvalue weighted by molar-refractivity contribution is 5.96. The highest BCUT2D eigenvalue weighted by atomic mass is 19.2. The van der Waals surface area contributed by atoms with Crippen LogP contribution in [-0.2, 0) is 14.3 Å². The smallest absolute Gasteiger partial charge is 0.410 e. The standard InChI is InChI=1S/C20H27F2N3O4/c1-20(2,3)29-19(27)25-5-4-13(12-25)18(26)23-16-10-14(21)15(22)11-17(16)24-6-8-28-9-7-24/h10-11,13H,4-9,12H2,1-3H3,(H,23,26). The van der Waals surface area contributed by atoms with Crippen LogP contribution in [-0.4, -0.2) is 61.9 Å². The van der Waals surface area contributed by atoms with Gasteiger partial charge < -0.3 is 24.6 Å². The van der Waals surface area contributed by atoms with E-state index in [9.17, 15) is 18.4 Å². The van der Waals surface area contributed by atoms with E-state index < -0.39 is 29.2 Å². The Bertz CT molecular complexity index is 776. The molecule has 1 aromatic rings. The maximum Gasteiger partial charge on any atom is 0.410 e. The molecular formula is C20H27F2N3O4. The third-order valence-electron chi connectivity index (χ3n) is 4.86. The number of hydrogen-bond donors (Lipinski definition) is 1. The maximum absolute atomic E-state index is 13.8. The van der Waals surface area contributed by atoms with Gasteiger partial charge in [0, 0.05) is 38.3 Å². The van der Waals surface area contributed by atoms with Crippen LogP contribution in [0.3, 0.4) is 0 Å². The van der Waals surface area contributed by atoms with Gasteiger partial charge in [-0.25, -0.2) is 13.6 Å². The molecule has 7 nitrogen and oxygen atoms in total. The molecule has 2 aliphatic heterocycles. The lowest BCUT2D eigenvalue weighted by Gasteiger charge is -2.31. The second-order valence-electron chi connectivity index (χ2n) is 8.28. The first-order valence-electron chi connectivity index (χ1n) is 9.74. The average Bonchev–Trinajstić information content (AvgIpc) is 3.14. The first kappa shape index (κ1) is 21.3. The second kappa shape index (κ2) is 8.52. The van der Waals surface area contributed by atoms with E-state index in [1.54, 1.807) is 20.8 Å². The second-order valence-corrected chi connectivity index (χ2v) is 8.28. The molecule has 29 heavy (non-hydrogen) atoms. The summed E-state index contributed by atoms with van der Waals surface area (Å²) < 4.78 is 38.3. The molecule has 0 radical (unpaired) electrons. The number of likely N-dealkylation sites (tertiary alicyclic amines) is 1. The number of morpholine rings is 1. The fourth-order valence-electron chi connectivity index (χ4n) is 3.40. The number of nitrogens with one attached hydrogen (secondary N) is 1. The van der Waals surface area contributed by atoms with Crippen molar-refractivity contribution in [1.82, 2.24) is 4.90 Å². The van der Waals surface area contributed by atoms with Gasteiger partial charge in [0.05, 0.1) is 30.5 Å². The molecule has 2 saturated heterocycles. The van der Waals surface area contributed by atoms with E-state index in [0.29, 0.717) is 45.0 Å². The van der Waals surface area contributed by atoms with Gasteiger partial charge in [0.2, 0.25) is 5.91 Å². The molecule has 2 heterocycles. The zero-order chi connectivity index (χ0) is 21.2. The average molecular weight is 411 g/mol. The van der Waals surface area contributed by atoms with Crippen LogP contribution in [0.1, 0.15) is 27.2 Å². The predicted octanol–water partition coefficient (Wildman–Crippen LogP) is 3.00. The number of hydrogen-bond acceptors (Lipinski definition) is 5. The van der Waals surface area contributed by atoms with E-state index >= 15 is 0 Å². The molecule has 160 valence electrons. The molecule has 1 unspecified atom stereocenters. The maximum atomic E-state index is 13.8. The van der Waals surface area contributed by atoms with Crippen molar-refractivity contribution in [2.45, 2.75) is 32.8 Å². The molecule has 1 aromatic carbocycles. The van der Waals surface area contributed by atoms with Crippen molar-refractivity contribution in [3.8, 4) is 0 Å². The van der Waals surface area contributed by atoms with Crippen molar-refractivity contribution >= 4 is 23.4 Å². The van der Waals surface area contributed by atoms with Crippen molar-refractivity contribution in [3.05, 3.63) is 23.8 Å². The summed E-state index contributed by atoms with van der Waals surface area (Å²) in [6.07, 6.45) is 0.0105. The summed E-state index contributed by atoms with van der Waals surface area (Å²) in [6, 6.07) is 2.09. The number of benzene rings is 1. The molecule has 2 fully saturated rings. The lowest BCUT2D eigenvalue weighted by Crippen LogP contribution is -2.37. The lowest BCUT2D eigenvalue weighted by molar-refractivity contribution is -0.119.